The van der Waals surface area contributed by atoms with E-state index in [1.807, 2.05) is 0 Å². The minimum Gasteiger partial charge on any atom is -0.392 e. The maximum atomic E-state index is 8.81. The summed E-state index contributed by atoms with van der Waals surface area (Å²) in [5.74, 6) is 0. The summed E-state index contributed by atoms with van der Waals surface area (Å²) in [5, 5.41) is 26.4. The molecule has 0 bridgehead atoms. The largest absolute Gasteiger partial charge is 0.392 e. The van der Waals surface area contributed by atoms with E-state index >= 15 is 0 Å². The van der Waals surface area contributed by atoms with E-state index in [2.05, 4.69) is 0 Å². The molecule has 2 radical (unpaired) electrons. The van der Waals surface area contributed by atoms with Crippen molar-refractivity contribution >= 4 is 0 Å². The minimum absolute atomic E-state index is 0. The first-order valence-electron chi connectivity index (χ1n) is 3.74. The normalized spacial score (nSPS) is 8.20. The van der Waals surface area contributed by atoms with Gasteiger partial charge in [0, 0.05) is 65.4 Å². The van der Waals surface area contributed by atoms with Gasteiger partial charge < -0.3 is 15.3 Å². The third-order valence-electron chi connectivity index (χ3n) is 1.66. The van der Waals surface area contributed by atoms with Crippen LogP contribution in [-0.2, 0) is 85.2 Å². The van der Waals surface area contributed by atoms with Crippen molar-refractivity contribution < 1.29 is 80.7 Å². The van der Waals surface area contributed by atoms with Crippen LogP contribution in [0, 0.1) is 0 Å². The predicted octanol–water partition coefficient (Wildman–Crippen LogP) is 0.795. The summed E-state index contributed by atoms with van der Waals surface area (Å²) >= 11 is 0. The SMILES string of the molecule is C.OCc1cc(CO)cc(CO)c1.[Y].[Y]. The Kier molecular flexibility index (Phi) is 17.0. The molecule has 0 spiro atoms. The van der Waals surface area contributed by atoms with Gasteiger partial charge in [0.2, 0.25) is 0 Å². The number of hydrogen-bond acceptors (Lipinski definition) is 3. The fraction of sp³-hybridized carbons (Fsp3) is 0.400. The molecule has 0 aliphatic carbocycles. The van der Waals surface area contributed by atoms with Crippen LogP contribution in [0.15, 0.2) is 18.2 Å². The molecule has 0 saturated carbocycles. The van der Waals surface area contributed by atoms with Gasteiger partial charge in [0.25, 0.3) is 0 Å². The molecule has 1 aromatic carbocycles. The van der Waals surface area contributed by atoms with Crippen molar-refractivity contribution in [3.05, 3.63) is 34.9 Å². The van der Waals surface area contributed by atoms with Gasteiger partial charge in [0.1, 0.15) is 0 Å². The Morgan fingerprint density at radius 3 is 1.00 bits per heavy atom. The smallest absolute Gasteiger partial charge is 0.0682 e. The second kappa shape index (κ2) is 11.8. The molecule has 5 heteroatoms. The van der Waals surface area contributed by atoms with E-state index in [-0.39, 0.29) is 92.7 Å². The van der Waals surface area contributed by atoms with Crippen LogP contribution in [0.25, 0.3) is 0 Å². The van der Waals surface area contributed by atoms with Crippen LogP contribution in [0.2, 0.25) is 0 Å². The van der Waals surface area contributed by atoms with Gasteiger partial charge in [0.15, 0.2) is 0 Å². The average Bonchev–Trinajstić information content (AvgIpc) is 2.16. The van der Waals surface area contributed by atoms with Gasteiger partial charge in [-0.3, -0.25) is 0 Å². The van der Waals surface area contributed by atoms with Gasteiger partial charge in [-0.15, -0.1) is 0 Å². The molecular formula is C10H16O3Y2. The van der Waals surface area contributed by atoms with Crippen molar-refractivity contribution in [3.8, 4) is 0 Å². The summed E-state index contributed by atoms with van der Waals surface area (Å²) in [6.07, 6.45) is 0. The number of rotatable bonds is 3. The number of aliphatic hydroxyl groups is 3. The maximum Gasteiger partial charge on any atom is 0.0682 e. The van der Waals surface area contributed by atoms with Gasteiger partial charge in [-0.1, -0.05) is 25.6 Å². The van der Waals surface area contributed by atoms with Crippen LogP contribution in [0.1, 0.15) is 24.1 Å². The molecule has 0 unspecified atom stereocenters. The molecule has 0 saturated heterocycles. The zero-order chi connectivity index (χ0) is 8.97. The molecule has 0 fully saturated rings. The van der Waals surface area contributed by atoms with Crippen molar-refractivity contribution in [2.45, 2.75) is 27.2 Å². The molecule has 0 amide bonds. The van der Waals surface area contributed by atoms with Crippen molar-refractivity contribution in [1.29, 1.82) is 0 Å². The van der Waals surface area contributed by atoms with Crippen molar-refractivity contribution in [2.75, 3.05) is 0 Å². The number of hydrogen-bond donors (Lipinski definition) is 3. The zero-order valence-electron chi connectivity index (χ0n) is 7.85. The Morgan fingerprint density at radius 1 is 0.667 bits per heavy atom. The van der Waals surface area contributed by atoms with E-state index in [0.717, 1.165) is 0 Å². The first kappa shape index (κ1) is 21.6. The molecule has 0 atom stereocenters. The van der Waals surface area contributed by atoms with Crippen LogP contribution < -0.4 is 0 Å². The molecule has 15 heavy (non-hydrogen) atoms. The van der Waals surface area contributed by atoms with Crippen LogP contribution in [0.3, 0.4) is 0 Å². The van der Waals surface area contributed by atoms with Gasteiger partial charge in [-0.25, -0.2) is 0 Å². The maximum absolute atomic E-state index is 8.81. The van der Waals surface area contributed by atoms with E-state index < -0.39 is 0 Å². The van der Waals surface area contributed by atoms with Crippen molar-refractivity contribution in [2.24, 2.45) is 0 Å². The monoisotopic (exact) mass is 362 g/mol. The summed E-state index contributed by atoms with van der Waals surface area (Å²) < 4.78 is 0. The van der Waals surface area contributed by atoms with E-state index in [1.165, 1.54) is 0 Å². The summed E-state index contributed by atoms with van der Waals surface area (Å²) in [6, 6.07) is 5.12. The average molecular weight is 362 g/mol. The standard InChI is InChI=1S/C9H12O3.CH4.2Y/c10-4-7-1-8(5-11)3-9(2-7)6-12;;;/h1-3,10-12H,4-6H2;1H4;;. The molecule has 0 aliphatic rings. The van der Waals surface area contributed by atoms with Gasteiger partial charge in [-0.2, -0.15) is 0 Å². The first-order chi connectivity index (χ1) is 5.80. The molecule has 0 aromatic heterocycles. The minimum atomic E-state index is -0.0686. The fourth-order valence-electron chi connectivity index (χ4n) is 1.11. The molecule has 3 N–H and O–H groups in total. The van der Waals surface area contributed by atoms with E-state index in [4.69, 9.17) is 15.3 Å². The predicted molar refractivity (Wildman–Crippen MR) is 50.9 cm³/mol. The Bertz CT molecular complexity index is 212. The van der Waals surface area contributed by atoms with Crippen molar-refractivity contribution in [1.82, 2.24) is 0 Å². The van der Waals surface area contributed by atoms with E-state index in [1.54, 1.807) is 18.2 Å². The number of aliphatic hydroxyl groups excluding tert-OH is 3. The van der Waals surface area contributed by atoms with Gasteiger partial charge in [0.05, 0.1) is 19.8 Å². The summed E-state index contributed by atoms with van der Waals surface area (Å²) in [7, 11) is 0. The first-order valence-corrected chi connectivity index (χ1v) is 3.74. The summed E-state index contributed by atoms with van der Waals surface area (Å²) in [5.41, 5.74) is 2.14. The second-order valence-corrected chi connectivity index (χ2v) is 2.63. The molecule has 1 rings (SSSR count). The molecule has 0 heterocycles. The van der Waals surface area contributed by atoms with Crippen molar-refractivity contribution in [3.63, 3.8) is 0 Å². The Hall–Kier alpha value is 1.31. The van der Waals surface area contributed by atoms with Gasteiger partial charge in [-0.05, 0) is 16.7 Å². The van der Waals surface area contributed by atoms with Crippen LogP contribution in [-0.4, -0.2) is 15.3 Å². The Labute approximate surface area is 141 Å². The topological polar surface area (TPSA) is 60.7 Å². The Balaban J connectivity index is -0.000000480. The Morgan fingerprint density at radius 2 is 0.867 bits per heavy atom. The second-order valence-electron chi connectivity index (χ2n) is 2.63. The molecule has 1 aromatic rings. The van der Waals surface area contributed by atoms with Crippen LogP contribution in [0.4, 0.5) is 0 Å². The third-order valence-corrected chi connectivity index (χ3v) is 1.66. The zero-order valence-corrected chi connectivity index (χ0v) is 13.5. The molecule has 80 valence electrons. The number of benzene rings is 1. The molecular weight excluding hydrogens is 346 g/mol. The molecule has 3 nitrogen and oxygen atoms in total. The van der Waals surface area contributed by atoms with E-state index in [9.17, 15) is 0 Å². The van der Waals surface area contributed by atoms with E-state index in [0.29, 0.717) is 16.7 Å². The van der Waals surface area contributed by atoms with Crippen LogP contribution in [0.5, 0.6) is 0 Å². The fourth-order valence-corrected chi connectivity index (χ4v) is 1.11. The third kappa shape index (κ3) is 7.27. The van der Waals surface area contributed by atoms with Crippen LogP contribution >= 0.6 is 0 Å². The summed E-state index contributed by atoms with van der Waals surface area (Å²) in [4.78, 5) is 0. The van der Waals surface area contributed by atoms with Gasteiger partial charge >= 0.3 is 0 Å². The molecule has 0 aliphatic heterocycles. The summed E-state index contributed by atoms with van der Waals surface area (Å²) in [6.45, 7) is -0.206. The quantitative estimate of drug-likeness (QED) is 0.746.